The first-order valence-electron chi connectivity index (χ1n) is 7.01. The molecule has 3 N–H and O–H groups in total. The monoisotopic (exact) mass is 325 g/mol. The molecular formula is C13H19N5O5. The summed E-state index contributed by atoms with van der Waals surface area (Å²) >= 11 is 0. The van der Waals surface area contributed by atoms with Crippen LogP contribution in [0.15, 0.2) is 6.33 Å². The number of esters is 2. The van der Waals surface area contributed by atoms with Gasteiger partial charge in [-0.15, -0.1) is 5.10 Å². The van der Waals surface area contributed by atoms with E-state index in [0.717, 1.165) is 0 Å². The molecular weight excluding hydrogens is 306 g/mol. The van der Waals surface area contributed by atoms with Crippen LogP contribution in [0.2, 0.25) is 0 Å². The maximum atomic E-state index is 11.3. The van der Waals surface area contributed by atoms with E-state index in [1.54, 1.807) is 0 Å². The summed E-state index contributed by atoms with van der Waals surface area (Å²) in [4.78, 5) is 26.2. The summed E-state index contributed by atoms with van der Waals surface area (Å²) in [5, 5.41) is 11.4. The SMILES string of the molecule is CC(=O)OCC1OC(n2cnc(C(=N)N)n2)C(C)C1OC(C)=O. The lowest BCUT2D eigenvalue weighted by Gasteiger charge is -2.20. The standard InChI is InChI=1S/C13H19N5O5/c1-6-10(22-8(3)20)9(4-21-7(2)19)23-13(6)18-5-16-12(17-18)11(14)15/h5-6,9-10,13H,4H2,1-3H3,(H3,14,15). The van der Waals surface area contributed by atoms with Crippen molar-refractivity contribution in [1.82, 2.24) is 14.8 Å². The smallest absolute Gasteiger partial charge is 0.303 e. The molecule has 0 amide bonds. The van der Waals surface area contributed by atoms with Gasteiger partial charge in [0.25, 0.3) is 0 Å². The fourth-order valence-electron chi connectivity index (χ4n) is 2.41. The summed E-state index contributed by atoms with van der Waals surface area (Å²) in [5.74, 6) is -1.36. The highest BCUT2D eigenvalue weighted by Gasteiger charge is 2.46. The number of rotatable bonds is 5. The van der Waals surface area contributed by atoms with Crippen molar-refractivity contribution in [2.45, 2.75) is 39.2 Å². The van der Waals surface area contributed by atoms with Crippen LogP contribution in [0.5, 0.6) is 0 Å². The molecule has 0 aliphatic carbocycles. The minimum absolute atomic E-state index is 0.0393. The molecule has 0 saturated carbocycles. The van der Waals surface area contributed by atoms with Crippen LogP contribution in [0.4, 0.5) is 0 Å². The van der Waals surface area contributed by atoms with Gasteiger partial charge in [-0.05, 0) is 0 Å². The molecule has 1 aromatic rings. The Balaban J connectivity index is 2.18. The van der Waals surface area contributed by atoms with E-state index in [0.29, 0.717) is 0 Å². The highest BCUT2D eigenvalue weighted by molar-refractivity contribution is 5.90. The highest BCUT2D eigenvalue weighted by Crippen LogP contribution is 2.36. The second-order valence-corrected chi connectivity index (χ2v) is 5.26. The molecule has 2 rings (SSSR count). The summed E-state index contributed by atoms with van der Waals surface area (Å²) in [6.45, 7) is 4.36. The summed E-state index contributed by atoms with van der Waals surface area (Å²) in [7, 11) is 0. The van der Waals surface area contributed by atoms with Gasteiger partial charge in [0.1, 0.15) is 25.1 Å². The Morgan fingerprint density at radius 2 is 2.13 bits per heavy atom. The number of ether oxygens (including phenoxy) is 3. The molecule has 1 aliphatic heterocycles. The van der Waals surface area contributed by atoms with Crippen molar-refractivity contribution in [3.05, 3.63) is 12.2 Å². The van der Waals surface area contributed by atoms with Gasteiger partial charge >= 0.3 is 11.9 Å². The zero-order valence-corrected chi connectivity index (χ0v) is 13.1. The average Bonchev–Trinajstić information content (AvgIpc) is 3.03. The van der Waals surface area contributed by atoms with Crippen LogP contribution < -0.4 is 5.73 Å². The van der Waals surface area contributed by atoms with Gasteiger partial charge in [0, 0.05) is 19.8 Å². The minimum Gasteiger partial charge on any atom is -0.463 e. The van der Waals surface area contributed by atoms with E-state index >= 15 is 0 Å². The van der Waals surface area contributed by atoms with Crippen molar-refractivity contribution in [3.8, 4) is 0 Å². The van der Waals surface area contributed by atoms with Crippen molar-refractivity contribution in [2.24, 2.45) is 11.7 Å². The van der Waals surface area contributed by atoms with Gasteiger partial charge in [-0.3, -0.25) is 15.0 Å². The van der Waals surface area contributed by atoms with Gasteiger partial charge in [0.15, 0.2) is 12.1 Å². The predicted molar refractivity (Wildman–Crippen MR) is 76.3 cm³/mol. The van der Waals surface area contributed by atoms with Crippen LogP contribution in [-0.2, 0) is 23.8 Å². The molecule has 1 fully saturated rings. The minimum atomic E-state index is -0.618. The van der Waals surface area contributed by atoms with E-state index in [4.69, 9.17) is 25.4 Å². The van der Waals surface area contributed by atoms with Crippen LogP contribution >= 0.6 is 0 Å². The third-order valence-corrected chi connectivity index (χ3v) is 3.41. The van der Waals surface area contributed by atoms with Gasteiger partial charge < -0.3 is 19.9 Å². The lowest BCUT2D eigenvalue weighted by molar-refractivity contribution is -0.156. The molecule has 2 heterocycles. The molecule has 10 nitrogen and oxygen atoms in total. The number of nitrogens with zero attached hydrogens (tertiary/aromatic N) is 3. The van der Waals surface area contributed by atoms with E-state index in [-0.39, 0.29) is 24.2 Å². The predicted octanol–water partition coefficient (Wildman–Crippen LogP) is -0.410. The molecule has 0 bridgehead atoms. The van der Waals surface area contributed by atoms with Gasteiger partial charge in [-0.2, -0.15) is 0 Å². The first-order chi connectivity index (χ1) is 10.8. The molecule has 4 unspecified atom stereocenters. The first-order valence-corrected chi connectivity index (χ1v) is 7.01. The topological polar surface area (TPSA) is 142 Å². The van der Waals surface area contributed by atoms with E-state index in [1.165, 1.54) is 24.9 Å². The Labute approximate surface area is 132 Å². The Hall–Kier alpha value is -2.49. The number of aromatic nitrogens is 3. The zero-order chi connectivity index (χ0) is 17.1. The Bertz CT molecular complexity index is 616. The zero-order valence-electron chi connectivity index (χ0n) is 13.1. The highest BCUT2D eigenvalue weighted by atomic mass is 16.6. The van der Waals surface area contributed by atoms with Gasteiger partial charge in [-0.1, -0.05) is 6.92 Å². The van der Waals surface area contributed by atoms with Crippen molar-refractivity contribution in [3.63, 3.8) is 0 Å². The summed E-state index contributed by atoms with van der Waals surface area (Å²) in [6, 6.07) is 0. The number of carbonyl (C=O) groups is 2. The van der Waals surface area contributed by atoms with Gasteiger partial charge in [0.05, 0.1) is 0 Å². The molecule has 23 heavy (non-hydrogen) atoms. The third kappa shape index (κ3) is 3.83. The van der Waals surface area contributed by atoms with Crippen molar-refractivity contribution < 1.29 is 23.8 Å². The van der Waals surface area contributed by atoms with Gasteiger partial charge in [0.2, 0.25) is 5.82 Å². The molecule has 1 saturated heterocycles. The molecule has 4 atom stereocenters. The molecule has 0 spiro atoms. The van der Waals surface area contributed by atoms with Gasteiger partial charge in [-0.25, -0.2) is 9.67 Å². The van der Waals surface area contributed by atoms with Crippen LogP contribution in [0.1, 0.15) is 32.8 Å². The number of nitrogens with two attached hydrogens (primary N) is 1. The Morgan fingerprint density at radius 3 is 2.65 bits per heavy atom. The van der Waals surface area contributed by atoms with Crippen LogP contribution in [0, 0.1) is 11.3 Å². The average molecular weight is 325 g/mol. The molecule has 1 aromatic heterocycles. The normalized spacial score (nSPS) is 26.7. The number of amidine groups is 1. The number of hydrogen-bond donors (Lipinski definition) is 2. The third-order valence-electron chi connectivity index (χ3n) is 3.41. The molecule has 126 valence electrons. The summed E-state index contributed by atoms with van der Waals surface area (Å²) in [5.41, 5.74) is 5.34. The van der Waals surface area contributed by atoms with E-state index in [1.807, 2.05) is 6.92 Å². The van der Waals surface area contributed by atoms with Crippen LogP contribution in [-0.4, -0.2) is 51.4 Å². The lowest BCUT2D eigenvalue weighted by atomic mass is 10.0. The lowest BCUT2D eigenvalue weighted by Crippen LogP contribution is -2.34. The Morgan fingerprint density at radius 1 is 1.43 bits per heavy atom. The van der Waals surface area contributed by atoms with Crippen LogP contribution in [0.25, 0.3) is 0 Å². The van der Waals surface area contributed by atoms with E-state index < -0.39 is 30.4 Å². The molecule has 10 heteroatoms. The fourth-order valence-corrected chi connectivity index (χ4v) is 2.41. The molecule has 0 radical (unpaired) electrons. The second-order valence-electron chi connectivity index (χ2n) is 5.26. The number of carbonyl (C=O) groups excluding carboxylic acids is 2. The summed E-state index contributed by atoms with van der Waals surface area (Å²) < 4.78 is 17.5. The molecule has 0 aromatic carbocycles. The van der Waals surface area contributed by atoms with Crippen molar-refractivity contribution in [2.75, 3.05) is 6.61 Å². The number of hydrogen-bond acceptors (Lipinski definition) is 8. The maximum Gasteiger partial charge on any atom is 0.303 e. The number of nitrogen functional groups attached to an aromatic ring is 1. The number of nitrogens with one attached hydrogen (secondary N) is 1. The Kier molecular flexibility index (Phi) is 4.94. The maximum absolute atomic E-state index is 11.3. The van der Waals surface area contributed by atoms with Crippen molar-refractivity contribution >= 4 is 17.8 Å². The van der Waals surface area contributed by atoms with Crippen LogP contribution in [0.3, 0.4) is 0 Å². The summed E-state index contributed by atoms with van der Waals surface area (Å²) in [6.07, 6.45) is -0.410. The fraction of sp³-hybridized carbons (Fsp3) is 0.615. The van der Waals surface area contributed by atoms with E-state index in [2.05, 4.69) is 10.1 Å². The first kappa shape index (κ1) is 16.9. The largest absolute Gasteiger partial charge is 0.463 e. The quantitative estimate of drug-likeness (QED) is 0.422. The van der Waals surface area contributed by atoms with E-state index in [9.17, 15) is 9.59 Å². The molecule has 1 aliphatic rings. The second kappa shape index (κ2) is 6.73. The van der Waals surface area contributed by atoms with Crippen molar-refractivity contribution in [1.29, 1.82) is 5.41 Å².